The number of hydrogen-bond donors (Lipinski definition) is 0. The van der Waals surface area contributed by atoms with Crippen LogP contribution in [0.4, 0.5) is 10.8 Å². The van der Waals surface area contributed by atoms with Crippen molar-refractivity contribution in [2.24, 2.45) is 0 Å². The normalized spacial score (nSPS) is 10.8. The molecule has 1 amide bonds. The zero-order chi connectivity index (χ0) is 24.3. The third-order valence-corrected chi connectivity index (χ3v) is 6.43. The molecule has 0 aliphatic rings. The van der Waals surface area contributed by atoms with Crippen molar-refractivity contribution >= 4 is 50.7 Å². The standard InChI is InChI=1S/C23H28N4O5S.ClH/c1-14-10-15(2)21-17(11-14)24-23(33-21)26(9-7-8-25(3)4)22(28)16-12-19(31-5)20(32-6)13-18(16)27(29)30;/h10-13H,7-9H2,1-6H3;1H. The lowest BCUT2D eigenvalue weighted by Crippen LogP contribution is -2.34. The third kappa shape index (κ3) is 5.75. The van der Waals surface area contributed by atoms with Crippen molar-refractivity contribution in [3.63, 3.8) is 0 Å². The van der Waals surface area contributed by atoms with Gasteiger partial charge in [-0.2, -0.15) is 0 Å². The summed E-state index contributed by atoms with van der Waals surface area (Å²) >= 11 is 1.41. The molecule has 0 radical (unpaired) electrons. The molecule has 2 aromatic carbocycles. The molecule has 0 aliphatic carbocycles. The predicted octanol–water partition coefficient (Wildman–Crippen LogP) is 4.86. The van der Waals surface area contributed by atoms with E-state index in [0.29, 0.717) is 18.1 Å². The Morgan fingerprint density at radius 1 is 1.09 bits per heavy atom. The molecule has 11 heteroatoms. The van der Waals surface area contributed by atoms with Crippen LogP contribution in [-0.2, 0) is 0 Å². The van der Waals surface area contributed by atoms with Crippen molar-refractivity contribution in [2.75, 3.05) is 46.3 Å². The number of anilines is 1. The van der Waals surface area contributed by atoms with E-state index in [2.05, 4.69) is 6.07 Å². The van der Waals surface area contributed by atoms with Crippen molar-refractivity contribution in [3.8, 4) is 11.5 Å². The van der Waals surface area contributed by atoms with Gasteiger partial charge < -0.3 is 14.4 Å². The number of nitrogens with zero attached hydrogens (tertiary/aromatic N) is 4. The second-order valence-corrected chi connectivity index (χ2v) is 9.00. The number of rotatable bonds is 9. The minimum absolute atomic E-state index is 0. The second-order valence-electron chi connectivity index (χ2n) is 8.02. The van der Waals surface area contributed by atoms with Gasteiger partial charge in [-0.05, 0) is 58.1 Å². The van der Waals surface area contributed by atoms with E-state index in [0.717, 1.165) is 27.9 Å². The van der Waals surface area contributed by atoms with E-state index in [1.807, 2.05) is 38.9 Å². The molecule has 3 aromatic rings. The van der Waals surface area contributed by atoms with Crippen LogP contribution in [0.3, 0.4) is 0 Å². The number of methoxy groups -OCH3 is 2. The van der Waals surface area contributed by atoms with Gasteiger partial charge in [0.15, 0.2) is 16.6 Å². The molecular formula is C23H29ClN4O5S. The highest BCUT2D eigenvalue weighted by Gasteiger charge is 2.30. The Bertz CT molecular complexity index is 1200. The van der Waals surface area contributed by atoms with Crippen LogP contribution in [0.2, 0.25) is 0 Å². The molecule has 184 valence electrons. The maximum absolute atomic E-state index is 13.7. The zero-order valence-corrected chi connectivity index (χ0v) is 21.7. The number of benzene rings is 2. The Kier molecular flexibility index (Phi) is 9.20. The average Bonchev–Trinajstić information content (AvgIpc) is 3.18. The Morgan fingerprint density at radius 3 is 2.32 bits per heavy atom. The maximum atomic E-state index is 13.7. The number of carbonyl (C=O) groups is 1. The molecule has 0 saturated carbocycles. The van der Waals surface area contributed by atoms with E-state index in [1.54, 1.807) is 0 Å². The van der Waals surface area contributed by atoms with Gasteiger partial charge in [0.2, 0.25) is 0 Å². The molecule has 1 aromatic heterocycles. The molecule has 0 spiro atoms. The van der Waals surface area contributed by atoms with Crippen LogP contribution in [0.25, 0.3) is 10.2 Å². The first-order chi connectivity index (χ1) is 15.7. The van der Waals surface area contributed by atoms with Crippen LogP contribution < -0.4 is 14.4 Å². The number of amides is 1. The number of nitro groups is 1. The van der Waals surface area contributed by atoms with Gasteiger partial charge in [-0.15, -0.1) is 12.4 Å². The lowest BCUT2D eigenvalue weighted by Gasteiger charge is -2.21. The summed E-state index contributed by atoms with van der Waals surface area (Å²) in [6, 6.07) is 6.63. The topological polar surface area (TPSA) is 98.0 Å². The van der Waals surface area contributed by atoms with Crippen molar-refractivity contribution in [1.29, 1.82) is 0 Å². The van der Waals surface area contributed by atoms with E-state index in [9.17, 15) is 14.9 Å². The maximum Gasteiger partial charge on any atom is 0.286 e. The summed E-state index contributed by atoms with van der Waals surface area (Å²) in [5.41, 5.74) is 2.54. The smallest absolute Gasteiger partial charge is 0.286 e. The quantitative estimate of drug-likeness (QED) is 0.300. The number of thiazole rings is 1. The average molecular weight is 509 g/mol. The first-order valence-corrected chi connectivity index (χ1v) is 11.2. The summed E-state index contributed by atoms with van der Waals surface area (Å²) in [4.78, 5) is 33.2. The molecule has 0 saturated heterocycles. The summed E-state index contributed by atoms with van der Waals surface area (Å²) in [6.07, 6.45) is 0.674. The van der Waals surface area contributed by atoms with E-state index >= 15 is 0 Å². The van der Waals surface area contributed by atoms with Crippen LogP contribution in [0.15, 0.2) is 24.3 Å². The lowest BCUT2D eigenvalue weighted by atomic mass is 10.1. The molecule has 1 heterocycles. The van der Waals surface area contributed by atoms with Gasteiger partial charge in [0.25, 0.3) is 11.6 Å². The van der Waals surface area contributed by atoms with Gasteiger partial charge in [0, 0.05) is 12.6 Å². The Morgan fingerprint density at radius 2 is 1.74 bits per heavy atom. The summed E-state index contributed by atoms with van der Waals surface area (Å²) in [5.74, 6) is -0.0729. The van der Waals surface area contributed by atoms with Gasteiger partial charge >= 0.3 is 0 Å². The fourth-order valence-corrected chi connectivity index (χ4v) is 4.69. The van der Waals surface area contributed by atoms with Crippen molar-refractivity contribution in [3.05, 3.63) is 51.1 Å². The van der Waals surface area contributed by atoms with Gasteiger partial charge in [-0.1, -0.05) is 17.4 Å². The number of halogens is 1. The van der Waals surface area contributed by atoms with E-state index in [1.165, 1.54) is 42.6 Å². The number of aromatic nitrogens is 1. The number of ether oxygens (including phenoxy) is 2. The molecule has 34 heavy (non-hydrogen) atoms. The Hall–Kier alpha value is -2.95. The second kappa shape index (κ2) is 11.5. The largest absolute Gasteiger partial charge is 0.493 e. The minimum Gasteiger partial charge on any atom is -0.493 e. The zero-order valence-electron chi connectivity index (χ0n) is 20.1. The Balaban J connectivity index is 0.00000408. The van der Waals surface area contributed by atoms with Crippen LogP contribution in [-0.4, -0.2) is 62.1 Å². The number of aryl methyl sites for hydroxylation is 2. The summed E-state index contributed by atoms with van der Waals surface area (Å²) in [6.45, 7) is 5.12. The van der Waals surface area contributed by atoms with Gasteiger partial charge in [0.1, 0.15) is 5.56 Å². The Labute approximate surface area is 208 Å². The fourth-order valence-electron chi connectivity index (χ4n) is 3.65. The van der Waals surface area contributed by atoms with Gasteiger partial charge in [0.05, 0.1) is 35.4 Å². The van der Waals surface area contributed by atoms with Crippen molar-refractivity contribution in [1.82, 2.24) is 9.88 Å². The number of nitro benzene ring substituents is 1. The molecule has 0 fully saturated rings. The molecule has 0 unspecified atom stereocenters. The third-order valence-electron chi connectivity index (χ3n) is 5.20. The minimum atomic E-state index is -0.584. The number of hydrogen-bond acceptors (Lipinski definition) is 8. The monoisotopic (exact) mass is 508 g/mol. The molecule has 0 N–H and O–H groups in total. The number of fused-ring (bicyclic) bond motifs is 1. The lowest BCUT2D eigenvalue weighted by molar-refractivity contribution is -0.385. The number of carbonyl (C=O) groups excluding carboxylic acids is 1. The first-order valence-electron chi connectivity index (χ1n) is 10.4. The molecular weight excluding hydrogens is 480 g/mol. The van der Waals surface area contributed by atoms with Crippen molar-refractivity contribution in [2.45, 2.75) is 20.3 Å². The molecule has 9 nitrogen and oxygen atoms in total. The van der Waals surface area contributed by atoms with E-state index in [4.69, 9.17) is 14.5 Å². The van der Waals surface area contributed by atoms with E-state index < -0.39 is 10.8 Å². The molecule has 3 rings (SSSR count). The molecule has 0 atom stereocenters. The van der Waals surface area contributed by atoms with Crippen LogP contribution in [0.5, 0.6) is 11.5 Å². The fraction of sp³-hybridized carbons (Fsp3) is 0.391. The van der Waals surface area contributed by atoms with Gasteiger partial charge in [-0.25, -0.2) is 4.98 Å². The summed E-state index contributed by atoms with van der Waals surface area (Å²) < 4.78 is 11.5. The molecule has 0 bridgehead atoms. The van der Waals surface area contributed by atoms with Crippen LogP contribution >= 0.6 is 23.7 Å². The van der Waals surface area contributed by atoms with Crippen LogP contribution in [0.1, 0.15) is 27.9 Å². The van der Waals surface area contributed by atoms with Crippen molar-refractivity contribution < 1.29 is 19.2 Å². The van der Waals surface area contributed by atoms with E-state index in [-0.39, 0.29) is 35.2 Å². The van der Waals surface area contributed by atoms with Gasteiger partial charge in [-0.3, -0.25) is 19.8 Å². The highest BCUT2D eigenvalue weighted by molar-refractivity contribution is 7.22. The van der Waals surface area contributed by atoms with Crippen LogP contribution in [0, 0.1) is 24.0 Å². The summed E-state index contributed by atoms with van der Waals surface area (Å²) in [5, 5.41) is 12.3. The SMILES string of the molecule is COc1cc(C(=O)N(CCCN(C)C)c2nc3cc(C)cc(C)c3s2)c([N+](=O)[O-])cc1OC.Cl. The molecule has 0 aliphatic heterocycles. The predicted molar refractivity (Wildman–Crippen MR) is 137 cm³/mol. The summed E-state index contributed by atoms with van der Waals surface area (Å²) in [7, 11) is 6.72. The highest BCUT2D eigenvalue weighted by atomic mass is 35.5. The highest BCUT2D eigenvalue weighted by Crippen LogP contribution is 2.37. The first kappa shape index (κ1) is 27.3.